The summed E-state index contributed by atoms with van der Waals surface area (Å²) in [5.74, 6) is -1.29. The van der Waals surface area contributed by atoms with Crippen molar-refractivity contribution in [1.82, 2.24) is 0 Å². The molecule has 1 aliphatic heterocycles. The van der Waals surface area contributed by atoms with Crippen LogP contribution in [-0.2, 0) is 25.4 Å². The maximum absolute atomic E-state index is 13.0. The Morgan fingerprint density at radius 2 is 1.88 bits per heavy atom. The fourth-order valence-electron chi connectivity index (χ4n) is 5.29. The first kappa shape index (κ1) is 34.7. The molecule has 11 heteroatoms. The molecular formula is C31H47N3O8. The van der Waals surface area contributed by atoms with Crippen molar-refractivity contribution in [2.45, 2.75) is 77.8 Å². The Hall–Kier alpha value is -3.54. The Morgan fingerprint density at radius 1 is 1.21 bits per heavy atom. The maximum Gasteiger partial charge on any atom is 0.405 e. The molecular weight excluding hydrogens is 542 g/mol. The molecule has 11 nitrogen and oxygen atoms in total. The highest BCUT2D eigenvalue weighted by Gasteiger charge is 2.30. The molecule has 6 atom stereocenters. The summed E-state index contributed by atoms with van der Waals surface area (Å²) in [6.45, 7) is 11.2. The van der Waals surface area contributed by atoms with Gasteiger partial charge in [0, 0.05) is 43.9 Å². The summed E-state index contributed by atoms with van der Waals surface area (Å²) in [4.78, 5) is 24.8. The van der Waals surface area contributed by atoms with Gasteiger partial charge in [-0.05, 0) is 51.0 Å². The molecule has 0 radical (unpaired) electrons. The van der Waals surface area contributed by atoms with Crippen LogP contribution >= 0.6 is 0 Å². The number of hydrogen-bond acceptors (Lipinski definition) is 9. The number of phenolic OH excluding ortho intramolecular Hbond substituents is 2. The number of allylic oxidation sites excluding steroid dienone is 1. The van der Waals surface area contributed by atoms with Gasteiger partial charge < -0.3 is 45.9 Å². The Kier molecular flexibility index (Phi) is 13.4. The van der Waals surface area contributed by atoms with Gasteiger partial charge >= 0.3 is 6.09 Å². The number of anilines is 2. The van der Waals surface area contributed by atoms with Gasteiger partial charge in [-0.3, -0.25) is 4.79 Å². The van der Waals surface area contributed by atoms with Gasteiger partial charge in [0.2, 0.25) is 0 Å². The lowest BCUT2D eigenvalue weighted by molar-refractivity contribution is -0.112. The number of nitrogens with two attached hydrogens (primary N) is 1. The normalized spacial score (nSPS) is 26.4. The van der Waals surface area contributed by atoms with E-state index in [1.54, 1.807) is 26.0 Å². The number of aliphatic hydroxyl groups excluding tert-OH is 1. The number of aromatic hydroxyl groups is 2. The van der Waals surface area contributed by atoms with E-state index in [4.69, 9.17) is 19.9 Å². The first-order chi connectivity index (χ1) is 19.8. The standard InChI is InChI=1S/C31H47N3O8/c1-8-12-33-26-21-13-17(2)14-25(41-7)27(36)19(4)15-20(5)29(42-31(32)39)24(40-6)11-9-10-18(3)30(38)34-22(28(21)37)16-23(26)35/h8,10,15-17,19,24-25,27,29,33,35-37H,1,9,11-14H2,2-7H3,(H2,32,39)(H,34,38). The van der Waals surface area contributed by atoms with Crippen molar-refractivity contribution in [1.29, 1.82) is 0 Å². The van der Waals surface area contributed by atoms with Crippen molar-refractivity contribution in [3.05, 3.63) is 47.6 Å². The van der Waals surface area contributed by atoms with Crippen LogP contribution in [0.1, 0.15) is 52.5 Å². The summed E-state index contributed by atoms with van der Waals surface area (Å²) in [5.41, 5.74) is 7.22. The van der Waals surface area contributed by atoms with Crippen molar-refractivity contribution >= 4 is 23.4 Å². The third-order valence-corrected chi connectivity index (χ3v) is 7.58. The largest absolute Gasteiger partial charge is 0.506 e. The summed E-state index contributed by atoms with van der Waals surface area (Å²) in [7, 11) is 3.01. The second-order valence-electron chi connectivity index (χ2n) is 10.9. The highest BCUT2D eigenvalue weighted by molar-refractivity contribution is 6.04. The van der Waals surface area contributed by atoms with Crippen LogP contribution in [0, 0.1) is 11.8 Å². The lowest BCUT2D eigenvalue weighted by atomic mass is 9.87. The molecule has 2 amide bonds. The molecule has 0 spiro atoms. The van der Waals surface area contributed by atoms with Gasteiger partial charge in [-0.2, -0.15) is 0 Å². The third-order valence-electron chi connectivity index (χ3n) is 7.58. The molecule has 0 aliphatic carbocycles. The number of fused-ring (bicyclic) bond motifs is 2. The van der Waals surface area contributed by atoms with Gasteiger partial charge in [0.05, 0.1) is 29.7 Å². The number of hydrogen-bond donors (Lipinski definition) is 6. The van der Waals surface area contributed by atoms with Crippen LogP contribution in [0.4, 0.5) is 16.2 Å². The smallest absolute Gasteiger partial charge is 0.405 e. The molecule has 1 aromatic rings. The molecule has 6 unspecified atom stereocenters. The van der Waals surface area contributed by atoms with E-state index >= 15 is 0 Å². The summed E-state index contributed by atoms with van der Waals surface area (Å²) in [6, 6.07) is 1.30. The fourth-order valence-corrected chi connectivity index (χ4v) is 5.29. The Bertz CT molecular complexity index is 1170. The van der Waals surface area contributed by atoms with E-state index in [-0.39, 0.29) is 23.1 Å². The number of benzene rings is 1. The van der Waals surface area contributed by atoms with Crippen LogP contribution in [0.15, 0.2) is 42.0 Å². The maximum atomic E-state index is 13.0. The van der Waals surface area contributed by atoms with E-state index in [9.17, 15) is 24.9 Å². The monoisotopic (exact) mass is 589 g/mol. The number of methoxy groups -OCH3 is 2. The number of amides is 2. The highest BCUT2D eigenvalue weighted by Crippen LogP contribution is 2.42. The van der Waals surface area contributed by atoms with E-state index in [0.29, 0.717) is 54.6 Å². The third kappa shape index (κ3) is 9.23. The number of ether oxygens (including phenoxy) is 3. The minimum Gasteiger partial charge on any atom is -0.506 e. The first-order valence-electron chi connectivity index (χ1n) is 14.1. The quantitative estimate of drug-likeness (QED) is 0.160. The predicted molar refractivity (Wildman–Crippen MR) is 163 cm³/mol. The van der Waals surface area contributed by atoms with Gasteiger partial charge in [0.1, 0.15) is 11.5 Å². The van der Waals surface area contributed by atoms with Crippen LogP contribution in [-0.4, -0.2) is 72.5 Å². The second kappa shape index (κ2) is 16.2. The van der Waals surface area contributed by atoms with Crippen LogP contribution in [0.5, 0.6) is 11.5 Å². The number of phenols is 2. The molecule has 0 saturated heterocycles. The van der Waals surface area contributed by atoms with E-state index in [1.165, 1.54) is 20.3 Å². The predicted octanol–water partition coefficient (Wildman–Crippen LogP) is 4.38. The van der Waals surface area contributed by atoms with Crippen LogP contribution in [0.3, 0.4) is 0 Å². The molecule has 2 bridgehead atoms. The van der Waals surface area contributed by atoms with Gasteiger partial charge in [-0.25, -0.2) is 4.79 Å². The Labute approximate surface area is 248 Å². The van der Waals surface area contributed by atoms with E-state index in [0.717, 1.165) is 0 Å². The Balaban J connectivity index is 2.61. The van der Waals surface area contributed by atoms with E-state index in [2.05, 4.69) is 17.2 Å². The number of aliphatic hydroxyl groups is 1. The Morgan fingerprint density at radius 3 is 2.48 bits per heavy atom. The topological polar surface area (TPSA) is 173 Å². The lowest BCUT2D eigenvalue weighted by Crippen LogP contribution is -2.37. The molecule has 0 aromatic heterocycles. The number of rotatable bonds is 6. The van der Waals surface area contributed by atoms with Crippen LogP contribution < -0.4 is 16.4 Å². The molecule has 2 rings (SSSR count). The molecule has 1 heterocycles. The number of carbonyl (C=O) groups excluding carboxylic acids is 2. The number of nitrogens with one attached hydrogen (secondary N) is 2. The van der Waals surface area contributed by atoms with Gasteiger partial charge in [-0.15, -0.1) is 6.58 Å². The molecule has 7 N–H and O–H groups in total. The van der Waals surface area contributed by atoms with Gasteiger partial charge in [-0.1, -0.05) is 32.1 Å². The van der Waals surface area contributed by atoms with Gasteiger partial charge in [0.25, 0.3) is 5.91 Å². The zero-order valence-corrected chi connectivity index (χ0v) is 25.5. The molecule has 1 aliphatic rings. The number of primary amides is 1. The molecule has 1 aromatic carbocycles. The fraction of sp³-hybridized carbons (Fsp3) is 0.548. The summed E-state index contributed by atoms with van der Waals surface area (Å²) >= 11 is 0. The van der Waals surface area contributed by atoms with Crippen molar-refractivity contribution in [2.24, 2.45) is 17.6 Å². The van der Waals surface area contributed by atoms with Crippen LogP contribution in [0.25, 0.3) is 0 Å². The minimum absolute atomic E-state index is 0.0657. The molecule has 0 fully saturated rings. The lowest BCUT2D eigenvalue weighted by Gasteiger charge is -2.30. The average Bonchev–Trinajstić information content (AvgIpc) is 2.94. The summed E-state index contributed by atoms with van der Waals surface area (Å²) < 4.78 is 16.8. The zero-order chi connectivity index (χ0) is 31.6. The van der Waals surface area contributed by atoms with E-state index < -0.39 is 42.3 Å². The van der Waals surface area contributed by atoms with E-state index in [1.807, 2.05) is 19.9 Å². The average molecular weight is 590 g/mol. The summed E-state index contributed by atoms with van der Waals surface area (Å²) in [5, 5.41) is 39.1. The van der Waals surface area contributed by atoms with Crippen molar-refractivity contribution in [2.75, 3.05) is 31.4 Å². The first-order valence-corrected chi connectivity index (χ1v) is 14.1. The highest BCUT2D eigenvalue weighted by atomic mass is 16.6. The molecule has 42 heavy (non-hydrogen) atoms. The van der Waals surface area contributed by atoms with Crippen molar-refractivity contribution in [3.8, 4) is 11.5 Å². The zero-order valence-electron chi connectivity index (χ0n) is 25.5. The van der Waals surface area contributed by atoms with Crippen molar-refractivity contribution in [3.63, 3.8) is 0 Å². The minimum atomic E-state index is -0.956. The van der Waals surface area contributed by atoms with Gasteiger partial charge in [0.15, 0.2) is 6.10 Å². The number of carbonyl (C=O) groups is 2. The SMILES string of the molecule is C=CCNc1c(O)cc2c(O)c1CC(C)CC(OC)C(O)C(C)C=C(C)C(OC(N)=O)C(OC)CCC=C(C)C(=O)N2. The second-order valence-corrected chi connectivity index (χ2v) is 10.9. The van der Waals surface area contributed by atoms with Crippen molar-refractivity contribution < 1.29 is 39.1 Å². The molecule has 0 saturated carbocycles. The molecule has 234 valence electrons. The summed E-state index contributed by atoms with van der Waals surface area (Å²) in [6.07, 6.45) is 2.82. The van der Waals surface area contributed by atoms with Crippen LogP contribution in [0.2, 0.25) is 0 Å².